The fourth-order valence-corrected chi connectivity index (χ4v) is 7.31. The molecule has 0 bridgehead atoms. The Morgan fingerprint density at radius 1 is 1.23 bits per heavy atom. The van der Waals surface area contributed by atoms with E-state index in [2.05, 4.69) is 39.9 Å². The van der Waals surface area contributed by atoms with Crippen LogP contribution in [0.1, 0.15) is 85.0 Å². The second-order valence-corrected chi connectivity index (χ2v) is 17.5. The van der Waals surface area contributed by atoms with Gasteiger partial charge in [0.15, 0.2) is 8.32 Å². The van der Waals surface area contributed by atoms with Crippen molar-refractivity contribution in [2.75, 3.05) is 0 Å². The van der Waals surface area contributed by atoms with E-state index in [1.165, 1.54) is 16.6 Å². The number of hydrogen-bond acceptors (Lipinski definition) is 5. The fourth-order valence-electron chi connectivity index (χ4n) is 4.69. The molecule has 5 rings (SSSR count). The van der Waals surface area contributed by atoms with E-state index < -0.39 is 19.7 Å². The van der Waals surface area contributed by atoms with Crippen LogP contribution in [0.15, 0.2) is 23.1 Å². The smallest absolute Gasteiger partial charge is 0.341 e. The molecule has 2 aliphatic rings. The summed E-state index contributed by atoms with van der Waals surface area (Å²) in [5, 5.41) is 10.1. The molecular formula is C27H34N2O4SSi. The highest BCUT2D eigenvalue weighted by Crippen LogP contribution is 2.46. The number of carboxylic acids is 1. The Hall–Kier alpha value is -2.29. The van der Waals surface area contributed by atoms with Gasteiger partial charge in [-0.25, -0.2) is 9.78 Å². The van der Waals surface area contributed by atoms with Crippen LogP contribution in [0.3, 0.4) is 0 Å². The van der Waals surface area contributed by atoms with Gasteiger partial charge < -0.3 is 14.1 Å². The Balaban J connectivity index is 1.60. The molecule has 1 fully saturated rings. The minimum Gasteiger partial charge on any atom is -0.477 e. The molecule has 0 amide bonds. The first-order valence-electron chi connectivity index (χ1n) is 12.5. The Kier molecular flexibility index (Phi) is 5.85. The van der Waals surface area contributed by atoms with Crippen molar-refractivity contribution in [1.82, 2.24) is 9.55 Å². The number of aromatic nitrogens is 2. The van der Waals surface area contributed by atoms with E-state index in [9.17, 15) is 14.7 Å². The van der Waals surface area contributed by atoms with E-state index >= 15 is 0 Å². The quantitative estimate of drug-likeness (QED) is 0.379. The SMILES string of the molecule is Cc1cc2c(=O)c(C(=O)O)cn(C3CC3)c2nc1-c1cc2c(s1)CCCC2O[Si](C)(C)C(C)(C)C. The number of rotatable bonds is 5. The molecule has 0 aromatic carbocycles. The van der Waals surface area contributed by atoms with Gasteiger partial charge in [0.25, 0.3) is 0 Å². The minimum atomic E-state index is -1.91. The maximum atomic E-state index is 12.9. The summed E-state index contributed by atoms with van der Waals surface area (Å²) in [5.41, 5.74) is 3.00. The van der Waals surface area contributed by atoms with Crippen LogP contribution in [0.2, 0.25) is 18.1 Å². The maximum Gasteiger partial charge on any atom is 0.341 e. The van der Waals surface area contributed by atoms with Gasteiger partial charge >= 0.3 is 5.97 Å². The third-order valence-corrected chi connectivity index (χ3v) is 13.6. The number of aromatic carboxylic acids is 1. The molecule has 3 aromatic heterocycles. The Bertz CT molecular complexity index is 1390. The first-order chi connectivity index (χ1) is 16.4. The third-order valence-electron chi connectivity index (χ3n) is 7.90. The van der Waals surface area contributed by atoms with Crippen LogP contribution in [0.5, 0.6) is 0 Å². The first kappa shape index (κ1) is 24.4. The summed E-state index contributed by atoms with van der Waals surface area (Å²) in [4.78, 5) is 32.1. The molecule has 1 saturated carbocycles. The zero-order chi connectivity index (χ0) is 25.3. The van der Waals surface area contributed by atoms with Gasteiger partial charge in [-0.15, -0.1) is 11.3 Å². The molecule has 0 saturated heterocycles. The van der Waals surface area contributed by atoms with Crippen molar-refractivity contribution in [3.8, 4) is 10.6 Å². The number of carbonyl (C=O) groups is 1. The van der Waals surface area contributed by atoms with Crippen molar-refractivity contribution >= 4 is 36.7 Å². The van der Waals surface area contributed by atoms with E-state index in [-0.39, 0.29) is 22.7 Å². The number of hydrogen-bond donors (Lipinski definition) is 1. The van der Waals surface area contributed by atoms with Gasteiger partial charge in [0.2, 0.25) is 5.43 Å². The number of aryl methyl sites for hydroxylation is 2. The lowest BCUT2D eigenvalue weighted by Gasteiger charge is -2.40. The number of pyridine rings is 2. The van der Waals surface area contributed by atoms with Gasteiger partial charge in [0.05, 0.1) is 22.1 Å². The van der Waals surface area contributed by atoms with Crippen molar-refractivity contribution in [3.05, 3.63) is 50.1 Å². The Morgan fingerprint density at radius 2 is 1.94 bits per heavy atom. The van der Waals surface area contributed by atoms with Crippen LogP contribution in [0.4, 0.5) is 0 Å². The highest BCUT2D eigenvalue weighted by atomic mass is 32.1. The summed E-state index contributed by atoms with van der Waals surface area (Å²) < 4.78 is 8.76. The molecule has 1 atom stereocenters. The van der Waals surface area contributed by atoms with Crippen molar-refractivity contribution in [3.63, 3.8) is 0 Å². The molecule has 0 aliphatic heterocycles. The molecule has 1 N–H and O–H groups in total. The van der Waals surface area contributed by atoms with E-state index in [0.717, 1.165) is 48.2 Å². The third kappa shape index (κ3) is 4.30. The topological polar surface area (TPSA) is 81.4 Å². The monoisotopic (exact) mass is 510 g/mol. The molecule has 186 valence electrons. The fraction of sp³-hybridized carbons (Fsp3) is 0.519. The van der Waals surface area contributed by atoms with Crippen LogP contribution in [-0.4, -0.2) is 28.9 Å². The van der Waals surface area contributed by atoms with Gasteiger partial charge in [-0.1, -0.05) is 20.8 Å². The lowest BCUT2D eigenvalue weighted by atomic mass is 9.96. The van der Waals surface area contributed by atoms with Crippen LogP contribution in [0, 0.1) is 6.92 Å². The summed E-state index contributed by atoms with van der Waals surface area (Å²) in [7, 11) is -1.91. The van der Waals surface area contributed by atoms with E-state index in [0.29, 0.717) is 11.0 Å². The van der Waals surface area contributed by atoms with Crippen LogP contribution >= 0.6 is 11.3 Å². The zero-order valence-corrected chi connectivity index (χ0v) is 23.2. The normalized spacial score (nSPS) is 18.6. The zero-order valence-electron chi connectivity index (χ0n) is 21.4. The summed E-state index contributed by atoms with van der Waals surface area (Å²) in [5.74, 6) is -1.19. The summed E-state index contributed by atoms with van der Waals surface area (Å²) in [6.07, 6.45) is 6.77. The van der Waals surface area contributed by atoms with Gasteiger partial charge in [-0.2, -0.15) is 0 Å². The molecule has 0 spiro atoms. The first-order valence-corrected chi connectivity index (χ1v) is 16.2. The highest BCUT2D eigenvalue weighted by molar-refractivity contribution is 7.15. The largest absolute Gasteiger partial charge is 0.477 e. The van der Waals surface area contributed by atoms with Crippen molar-refractivity contribution < 1.29 is 14.3 Å². The summed E-state index contributed by atoms with van der Waals surface area (Å²) >= 11 is 1.78. The number of thiophene rings is 1. The van der Waals surface area contributed by atoms with Crippen LogP contribution < -0.4 is 5.43 Å². The van der Waals surface area contributed by atoms with Crippen molar-refractivity contribution in [2.24, 2.45) is 0 Å². The average molecular weight is 511 g/mol. The summed E-state index contributed by atoms with van der Waals surface area (Å²) in [6, 6.07) is 4.29. The molecule has 1 unspecified atom stereocenters. The van der Waals surface area contributed by atoms with Crippen LogP contribution in [-0.2, 0) is 10.8 Å². The number of carboxylic acid groups (broad SMARTS) is 1. The second kappa shape index (κ2) is 8.39. The molecular weight excluding hydrogens is 476 g/mol. The molecule has 0 radical (unpaired) electrons. The van der Waals surface area contributed by atoms with Crippen molar-refractivity contribution in [1.29, 1.82) is 0 Å². The lowest BCUT2D eigenvalue weighted by Crippen LogP contribution is -2.42. The molecule has 35 heavy (non-hydrogen) atoms. The minimum absolute atomic E-state index is 0.119. The van der Waals surface area contributed by atoms with Crippen LogP contribution in [0.25, 0.3) is 21.6 Å². The number of nitrogens with zero attached hydrogens (tertiary/aromatic N) is 2. The summed E-state index contributed by atoms with van der Waals surface area (Å²) in [6.45, 7) is 13.4. The standard InChI is InChI=1S/C27H34N2O4SSi/c1-15-12-18-24(30)19(26(31)32)14-29(16-10-11-16)25(18)28-23(15)22-13-17-20(8-7-9-21(17)34-22)33-35(5,6)27(2,3)4/h12-14,16,20H,7-11H2,1-6H3,(H,31,32). The van der Waals surface area contributed by atoms with Gasteiger partial charge in [0.1, 0.15) is 11.2 Å². The molecule has 3 aromatic rings. The molecule has 8 heteroatoms. The van der Waals surface area contributed by atoms with Gasteiger partial charge in [-0.3, -0.25) is 4.79 Å². The number of fused-ring (bicyclic) bond motifs is 2. The molecule has 3 heterocycles. The maximum absolute atomic E-state index is 12.9. The van der Waals surface area contributed by atoms with Gasteiger partial charge in [0, 0.05) is 17.1 Å². The highest BCUT2D eigenvalue weighted by Gasteiger charge is 2.40. The average Bonchev–Trinajstić information content (AvgIpc) is 3.51. The molecule has 2 aliphatic carbocycles. The van der Waals surface area contributed by atoms with Gasteiger partial charge in [-0.05, 0) is 80.4 Å². The van der Waals surface area contributed by atoms with E-state index in [1.807, 2.05) is 17.6 Å². The Labute approximate surface area is 211 Å². The predicted molar refractivity (Wildman–Crippen MR) is 143 cm³/mol. The van der Waals surface area contributed by atoms with Crippen molar-refractivity contribution in [2.45, 2.75) is 90.1 Å². The lowest BCUT2D eigenvalue weighted by molar-refractivity contribution is 0.0695. The predicted octanol–water partition coefficient (Wildman–Crippen LogP) is 6.87. The second-order valence-electron chi connectivity index (χ2n) is 11.6. The molecule has 6 nitrogen and oxygen atoms in total. The van der Waals surface area contributed by atoms with E-state index in [4.69, 9.17) is 9.41 Å². The Morgan fingerprint density at radius 3 is 2.57 bits per heavy atom. The van der Waals surface area contributed by atoms with E-state index in [1.54, 1.807) is 11.3 Å².